The number of nitriles is 1. The van der Waals surface area contributed by atoms with E-state index in [-0.39, 0.29) is 5.92 Å². The van der Waals surface area contributed by atoms with Crippen LogP contribution >= 0.6 is 27.5 Å². The SMILES string of the molecule is Cc1cc(Cl)c(Br)cc1C(C)C#N. The van der Waals surface area contributed by atoms with Crippen LogP contribution in [0.2, 0.25) is 5.02 Å². The quantitative estimate of drug-likeness (QED) is 0.746. The van der Waals surface area contributed by atoms with Crippen LogP contribution in [-0.4, -0.2) is 0 Å². The summed E-state index contributed by atoms with van der Waals surface area (Å²) in [4.78, 5) is 0. The zero-order valence-corrected chi connectivity index (χ0v) is 9.78. The molecule has 0 aliphatic rings. The minimum Gasteiger partial charge on any atom is -0.198 e. The lowest BCUT2D eigenvalue weighted by atomic mass is 9.98. The van der Waals surface area contributed by atoms with E-state index in [0.717, 1.165) is 15.6 Å². The Morgan fingerprint density at radius 2 is 2.15 bits per heavy atom. The summed E-state index contributed by atoms with van der Waals surface area (Å²) in [7, 11) is 0. The number of hydrogen-bond acceptors (Lipinski definition) is 1. The highest BCUT2D eigenvalue weighted by molar-refractivity contribution is 9.10. The first-order chi connectivity index (χ1) is 6.06. The molecule has 13 heavy (non-hydrogen) atoms. The molecule has 1 unspecified atom stereocenters. The first-order valence-corrected chi connectivity index (χ1v) is 5.08. The molecule has 1 aromatic rings. The highest BCUT2D eigenvalue weighted by Crippen LogP contribution is 2.29. The number of hydrogen-bond donors (Lipinski definition) is 0. The van der Waals surface area contributed by atoms with Crippen molar-refractivity contribution in [3.8, 4) is 6.07 Å². The number of benzene rings is 1. The van der Waals surface area contributed by atoms with Crippen molar-refractivity contribution in [2.75, 3.05) is 0 Å². The van der Waals surface area contributed by atoms with E-state index in [2.05, 4.69) is 22.0 Å². The van der Waals surface area contributed by atoms with Crippen LogP contribution in [-0.2, 0) is 0 Å². The van der Waals surface area contributed by atoms with Gasteiger partial charge < -0.3 is 0 Å². The maximum Gasteiger partial charge on any atom is 0.0701 e. The van der Waals surface area contributed by atoms with Gasteiger partial charge in [0.25, 0.3) is 0 Å². The normalized spacial score (nSPS) is 12.2. The van der Waals surface area contributed by atoms with Gasteiger partial charge in [-0.05, 0) is 53.0 Å². The Bertz CT molecular complexity index is 368. The van der Waals surface area contributed by atoms with Gasteiger partial charge in [-0.2, -0.15) is 5.26 Å². The zero-order chi connectivity index (χ0) is 10.0. The molecular formula is C10H9BrClN. The number of nitrogens with zero attached hydrogens (tertiary/aromatic N) is 1. The fourth-order valence-electron chi connectivity index (χ4n) is 1.20. The van der Waals surface area contributed by atoms with Gasteiger partial charge in [0.2, 0.25) is 0 Å². The molecule has 1 rings (SSSR count). The van der Waals surface area contributed by atoms with Gasteiger partial charge in [0.15, 0.2) is 0 Å². The van der Waals surface area contributed by atoms with Crippen molar-refractivity contribution in [2.24, 2.45) is 0 Å². The lowest BCUT2D eigenvalue weighted by molar-refractivity contribution is 0.964. The molecule has 0 saturated heterocycles. The number of aryl methyl sites for hydroxylation is 1. The molecule has 0 aliphatic heterocycles. The first-order valence-electron chi connectivity index (χ1n) is 3.91. The van der Waals surface area contributed by atoms with Crippen molar-refractivity contribution in [1.82, 2.24) is 0 Å². The maximum absolute atomic E-state index is 8.77. The monoisotopic (exact) mass is 257 g/mol. The second-order valence-corrected chi connectivity index (χ2v) is 4.24. The Labute approximate surface area is 91.5 Å². The molecule has 68 valence electrons. The molecule has 0 N–H and O–H groups in total. The Balaban J connectivity index is 3.25. The fraction of sp³-hybridized carbons (Fsp3) is 0.300. The molecule has 0 radical (unpaired) electrons. The summed E-state index contributed by atoms with van der Waals surface area (Å²) in [5.41, 5.74) is 2.08. The summed E-state index contributed by atoms with van der Waals surface area (Å²) in [5.74, 6) is -0.0893. The standard InChI is InChI=1S/C10H9BrClN/c1-6-3-10(12)9(11)4-8(6)7(2)5-13/h3-4,7H,1-2H3. The Morgan fingerprint density at radius 3 is 2.69 bits per heavy atom. The minimum atomic E-state index is -0.0893. The van der Waals surface area contributed by atoms with Crippen molar-refractivity contribution in [3.05, 3.63) is 32.8 Å². The van der Waals surface area contributed by atoms with E-state index in [9.17, 15) is 0 Å². The fourth-order valence-corrected chi connectivity index (χ4v) is 1.78. The second-order valence-electron chi connectivity index (χ2n) is 2.97. The van der Waals surface area contributed by atoms with E-state index in [1.165, 1.54) is 0 Å². The highest BCUT2D eigenvalue weighted by Gasteiger charge is 2.09. The Morgan fingerprint density at radius 1 is 1.54 bits per heavy atom. The van der Waals surface area contributed by atoms with Gasteiger partial charge in [-0.1, -0.05) is 11.6 Å². The molecule has 0 spiro atoms. The van der Waals surface area contributed by atoms with E-state index in [1.54, 1.807) is 0 Å². The van der Waals surface area contributed by atoms with Gasteiger partial charge in [-0.25, -0.2) is 0 Å². The van der Waals surface area contributed by atoms with Gasteiger partial charge in [-0.3, -0.25) is 0 Å². The van der Waals surface area contributed by atoms with Crippen molar-refractivity contribution < 1.29 is 0 Å². The summed E-state index contributed by atoms with van der Waals surface area (Å²) < 4.78 is 0.844. The summed E-state index contributed by atoms with van der Waals surface area (Å²) in [6.07, 6.45) is 0. The second kappa shape index (κ2) is 4.13. The Hall–Kier alpha value is -0.520. The van der Waals surface area contributed by atoms with E-state index in [1.807, 2.05) is 26.0 Å². The van der Waals surface area contributed by atoms with Crippen LogP contribution < -0.4 is 0 Å². The van der Waals surface area contributed by atoms with Crippen LogP contribution in [0, 0.1) is 18.3 Å². The van der Waals surface area contributed by atoms with E-state index in [4.69, 9.17) is 16.9 Å². The average Bonchev–Trinajstić information content (AvgIpc) is 2.10. The molecule has 1 aromatic carbocycles. The molecule has 3 heteroatoms. The predicted molar refractivity (Wildman–Crippen MR) is 57.9 cm³/mol. The van der Waals surface area contributed by atoms with E-state index in [0.29, 0.717) is 5.02 Å². The zero-order valence-electron chi connectivity index (χ0n) is 7.44. The summed E-state index contributed by atoms with van der Waals surface area (Å²) in [5, 5.41) is 9.46. The van der Waals surface area contributed by atoms with Crippen molar-refractivity contribution in [1.29, 1.82) is 5.26 Å². The average molecular weight is 259 g/mol. The van der Waals surface area contributed by atoms with Crippen LogP contribution in [0.1, 0.15) is 24.0 Å². The van der Waals surface area contributed by atoms with Crippen LogP contribution in [0.3, 0.4) is 0 Å². The first kappa shape index (κ1) is 10.6. The van der Waals surface area contributed by atoms with Crippen LogP contribution in [0.25, 0.3) is 0 Å². The number of rotatable bonds is 1. The topological polar surface area (TPSA) is 23.8 Å². The molecule has 0 saturated carbocycles. The molecule has 0 heterocycles. The molecular weight excluding hydrogens is 249 g/mol. The third-order valence-electron chi connectivity index (χ3n) is 1.97. The van der Waals surface area contributed by atoms with Crippen LogP contribution in [0.15, 0.2) is 16.6 Å². The molecule has 0 fully saturated rings. The summed E-state index contributed by atoms with van der Waals surface area (Å²) >= 11 is 9.24. The molecule has 1 nitrogen and oxygen atoms in total. The van der Waals surface area contributed by atoms with E-state index >= 15 is 0 Å². The van der Waals surface area contributed by atoms with Crippen molar-refractivity contribution in [3.63, 3.8) is 0 Å². The molecule has 0 bridgehead atoms. The van der Waals surface area contributed by atoms with Gasteiger partial charge in [0.05, 0.1) is 17.0 Å². The minimum absolute atomic E-state index is 0.0893. The smallest absolute Gasteiger partial charge is 0.0701 e. The lowest BCUT2D eigenvalue weighted by Crippen LogP contribution is -1.93. The summed E-state index contributed by atoms with van der Waals surface area (Å²) in [6.45, 7) is 3.84. The van der Waals surface area contributed by atoms with Gasteiger partial charge >= 0.3 is 0 Å². The van der Waals surface area contributed by atoms with Gasteiger partial charge in [-0.15, -0.1) is 0 Å². The van der Waals surface area contributed by atoms with Gasteiger partial charge in [0, 0.05) is 4.47 Å². The molecule has 1 atom stereocenters. The van der Waals surface area contributed by atoms with Crippen molar-refractivity contribution in [2.45, 2.75) is 19.8 Å². The van der Waals surface area contributed by atoms with E-state index < -0.39 is 0 Å². The van der Waals surface area contributed by atoms with Crippen LogP contribution in [0.4, 0.5) is 0 Å². The van der Waals surface area contributed by atoms with Crippen LogP contribution in [0.5, 0.6) is 0 Å². The molecule has 0 amide bonds. The lowest BCUT2D eigenvalue weighted by Gasteiger charge is -2.08. The molecule has 0 aliphatic carbocycles. The Kier molecular flexibility index (Phi) is 3.35. The molecule has 0 aromatic heterocycles. The maximum atomic E-state index is 8.77. The predicted octanol–water partition coefficient (Wildman–Crippen LogP) is 4.04. The van der Waals surface area contributed by atoms with Gasteiger partial charge in [0.1, 0.15) is 0 Å². The third kappa shape index (κ3) is 2.24. The number of halogens is 2. The highest BCUT2D eigenvalue weighted by atomic mass is 79.9. The largest absolute Gasteiger partial charge is 0.198 e. The summed E-state index contributed by atoms with van der Waals surface area (Å²) in [6, 6.07) is 5.98. The third-order valence-corrected chi connectivity index (χ3v) is 3.17. The van der Waals surface area contributed by atoms with Crippen molar-refractivity contribution >= 4 is 27.5 Å².